The molecule has 0 saturated carbocycles. The summed E-state index contributed by atoms with van der Waals surface area (Å²) in [5.41, 5.74) is 7.01. The maximum atomic E-state index is 5.96. The van der Waals surface area contributed by atoms with Crippen LogP contribution < -0.4 is 11.3 Å². The van der Waals surface area contributed by atoms with Crippen molar-refractivity contribution in [1.29, 1.82) is 0 Å². The molecule has 0 amide bonds. The normalized spacial score (nSPS) is 13.0. The van der Waals surface area contributed by atoms with E-state index in [9.17, 15) is 0 Å². The highest BCUT2D eigenvalue weighted by atomic mass is 16.3. The van der Waals surface area contributed by atoms with Gasteiger partial charge in [-0.15, -0.1) is 0 Å². The van der Waals surface area contributed by atoms with Gasteiger partial charge in [0.05, 0.1) is 5.69 Å². The lowest BCUT2D eigenvalue weighted by Crippen LogP contribution is -2.29. The molecule has 0 fully saturated rings. The molecule has 0 aliphatic heterocycles. The Morgan fingerprint density at radius 2 is 2.19 bits per heavy atom. The van der Waals surface area contributed by atoms with Gasteiger partial charge in [-0.3, -0.25) is 10.5 Å². The molecule has 1 aromatic carbocycles. The minimum atomic E-state index is -0.193. The van der Waals surface area contributed by atoms with Gasteiger partial charge in [-0.2, -0.15) is 5.10 Å². The third-order valence-corrected chi connectivity index (χ3v) is 3.73. The molecule has 3 aromatic rings. The minimum absolute atomic E-state index is 0.193. The van der Waals surface area contributed by atoms with E-state index >= 15 is 0 Å². The molecule has 0 radical (unpaired) electrons. The van der Waals surface area contributed by atoms with E-state index in [1.165, 1.54) is 5.56 Å². The summed E-state index contributed by atoms with van der Waals surface area (Å²) in [6.07, 6.45) is 2.84. The van der Waals surface area contributed by atoms with Crippen LogP contribution in [0.2, 0.25) is 0 Å². The van der Waals surface area contributed by atoms with Gasteiger partial charge in [0.2, 0.25) is 0 Å². The van der Waals surface area contributed by atoms with Crippen LogP contribution in [0, 0.1) is 6.92 Å². The second-order valence-corrected chi connectivity index (χ2v) is 5.35. The molecule has 2 aromatic heterocycles. The fourth-order valence-electron chi connectivity index (χ4n) is 2.72. The molecule has 3 rings (SSSR count). The van der Waals surface area contributed by atoms with Gasteiger partial charge in [-0.1, -0.05) is 18.6 Å². The summed E-state index contributed by atoms with van der Waals surface area (Å²) in [6, 6.07) is 7.99. The Kier molecular flexibility index (Phi) is 3.53. The smallest absolute Gasteiger partial charge is 0.134 e. The average Bonchev–Trinajstić information content (AvgIpc) is 3.03. The molecule has 21 heavy (non-hydrogen) atoms. The molecule has 0 saturated heterocycles. The van der Waals surface area contributed by atoms with E-state index in [2.05, 4.69) is 30.4 Å². The third kappa shape index (κ3) is 2.46. The summed E-state index contributed by atoms with van der Waals surface area (Å²) in [5.74, 6) is 6.58. The number of hydrogen-bond donors (Lipinski definition) is 2. The Balaban J connectivity index is 2.08. The maximum absolute atomic E-state index is 5.96. The van der Waals surface area contributed by atoms with Gasteiger partial charge in [-0.25, -0.2) is 5.43 Å². The number of benzene rings is 1. The largest absolute Gasteiger partial charge is 0.459 e. The first-order valence-electron chi connectivity index (χ1n) is 7.11. The van der Waals surface area contributed by atoms with Gasteiger partial charge >= 0.3 is 0 Å². The number of nitrogens with zero attached hydrogens (tertiary/aromatic N) is 2. The van der Waals surface area contributed by atoms with E-state index < -0.39 is 0 Å². The predicted molar refractivity (Wildman–Crippen MR) is 82.7 cm³/mol. The maximum Gasteiger partial charge on any atom is 0.134 e. The standard InChI is InChI=1S/C16H20N4O/c1-4-13-12(9-20(3)19-13)16(18-17)15-8-11-7-10(2)5-6-14(11)21-15/h5-9,16,18H,4,17H2,1-3H3. The molecule has 5 heteroatoms. The summed E-state index contributed by atoms with van der Waals surface area (Å²) in [4.78, 5) is 0. The molecule has 0 bridgehead atoms. The van der Waals surface area contributed by atoms with E-state index in [1.807, 2.05) is 36.1 Å². The van der Waals surface area contributed by atoms with Gasteiger partial charge < -0.3 is 4.42 Å². The quantitative estimate of drug-likeness (QED) is 0.571. The van der Waals surface area contributed by atoms with Crippen LogP contribution in [-0.2, 0) is 13.5 Å². The number of nitrogens with one attached hydrogen (secondary N) is 1. The molecule has 0 aliphatic carbocycles. The number of hydrogen-bond acceptors (Lipinski definition) is 4. The molecule has 3 N–H and O–H groups in total. The fourth-order valence-corrected chi connectivity index (χ4v) is 2.72. The first kappa shape index (κ1) is 13.9. The van der Waals surface area contributed by atoms with Gasteiger partial charge in [0.15, 0.2) is 0 Å². The summed E-state index contributed by atoms with van der Waals surface area (Å²) < 4.78 is 7.77. The number of furan rings is 1. The Bertz CT molecular complexity index is 772. The zero-order valence-electron chi connectivity index (χ0n) is 12.6. The third-order valence-electron chi connectivity index (χ3n) is 3.73. The van der Waals surface area contributed by atoms with E-state index in [0.29, 0.717) is 0 Å². The average molecular weight is 284 g/mol. The molecule has 5 nitrogen and oxygen atoms in total. The number of fused-ring (bicyclic) bond motifs is 1. The van der Waals surface area contributed by atoms with Crippen molar-refractivity contribution in [3.05, 3.63) is 53.0 Å². The zero-order chi connectivity index (χ0) is 15.0. The molecule has 2 heterocycles. The van der Waals surface area contributed by atoms with E-state index in [4.69, 9.17) is 10.3 Å². The lowest BCUT2D eigenvalue weighted by Gasteiger charge is -2.12. The summed E-state index contributed by atoms with van der Waals surface area (Å²) >= 11 is 0. The number of nitrogens with two attached hydrogens (primary N) is 1. The number of hydrazine groups is 1. The molecule has 0 aliphatic rings. The van der Waals surface area contributed by atoms with Gasteiger partial charge in [0, 0.05) is 24.2 Å². The molecular formula is C16H20N4O. The van der Waals surface area contributed by atoms with Crippen molar-refractivity contribution in [2.45, 2.75) is 26.3 Å². The second kappa shape index (κ2) is 5.35. The number of aryl methyl sites for hydroxylation is 3. The highest BCUT2D eigenvalue weighted by Gasteiger charge is 2.22. The predicted octanol–water partition coefficient (Wildman–Crippen LogP) is 2.59. The Hall–Kier alpha value is -2.11. The molecule has 1 unspecified atom stereocenters. The highest BCUT2D eigenvalue weighted by molar-refractivity contribution is 5.79. The summed E-state index contributed by atoms with van der Waals surface area (Å²) in [6.45, 7) is 4.16. The first-order chi connectivity index (χ1) is 10.1. The number of aromatic nitrogens is 2. The highest BCUT2D eigenvalue weighted by Crippen LogP contribution is 2.29. The van der Waals surface area contributed by atoms with Crippen molar-refractivity contribution >= 4 is 11.0 Å². The van der Waals surface area contributed by atoms with Crippen LogP contribution in [-0.4, -0.2) is 9.78 Å². The number of rotatable bonds is 4. The first-order valence-corrected chi connectivity index (χ1v) is 7.11. The van der Waals surface area contributed by atoms with Crippen LogP contribution in [0.3, 0.4) is 0 Å². The van der Waals surface area contributed by atoms with Gasteiger partial charge in [0.1, 0.15) is 17.4 Å². The van der Waals surface area contributed by atoms with Crippen LogP contribution in [0.5, 0.6) is 0 Å². The van der Waals surface area contributed by atoms with E-state index in [0.717, 1.165) is 34.4 Å². The molecular weight excluding hydrogens is 264 g/mol. The van der Waals surface area contributed by atoms with Gasteiger partial charge in [-0.05, 0) is 31.5 Å². The molecule has 1 atom stereocenters. The Labute approximate surface area is 123 Å². The van der Waals surface area contributed by atoms with Crippen molar-refractivity contribution in [2.75, 3.05) is 0 Å². The summed E-state index contributed by atoms with van der Waals surface area (Å²) in [7, 11) is 1.91. The second-order valence-electron chi connectivity index (χ2n) is 5.35. The minimum Gasteiger partial charge on any atom is -0.459 e. The monoisotopic (exact) mass is 284 g/mol. The lowest BCUT2D eigenvalue weighted by molar-refractivity contribution is 0.475. The van der Waals surface area contributed by atoms with Crippen molar-refractivity contribution in [3.63, 3.8) is 0 Å². The van der Waals surface area contributed by atoms with Crippen molar-refractivity contribution in [1.82, 2.24) is 15.2 Å². The van der Waals surface area contributed by atoms with E-state index in [1.54, 1.807) is 0 Å². The van der Waals surface area contributed by atoms with Crippen LogP contribution >= 0.6 is 0 Å². The zero-order valence-corrected chi connectivity index (χ0v) is 12.6. The Morgan fingerprint density at radius 3 is 2.90 bits per heavy atom. The van der Waals surface area contributed by atoms with Crippen LogP contribution in [0.15, 0.2) is 34.9 Å². The van der Waals surface area contributed by atoms with Gasteiger partial charge in [0.25, 0.3) is 0 Å². The van der Waals surface area contributed by atoms with Crippen LogP contribution in [0.4, 0.5) is 0 Å². The van der Waals surface area contributed by atoms with Crippen molar-refractivity contribution < 1.29 is 4.42 Å². The van der Waals surface area contributed by atoms with Crippen molar-refractivity contribution in [3.8, 4) is 0 Å². The molecule has 110 valence electrons. The van der Waals surface area contributed by atoms with Crippen molar-refractivity contribution in [2.24, 2.45) is 12.9 Å². The summed E-state index contributed by atoms with van der Waals surface area (Å²) in [5, 5.41) is 5.56. The Morgan fingerprint density at radius 1 is 1.38 bits per heavy atom. The van der Waals surface area contributed by atoms with E-state index in [-0.39, 0.29) is 6.04 Å². The topological polar surface area (TPSA) is 69.0 Å². The fraction of sp³-hybridized carbons (Fsp3) is 0.312. The SMILES string of the molecule is CCc1nn(C)cc1C(NN)c1cc2cc(C)ccc2o1. The van der Waals surface area contributed by atoms with Crippen LogP contribution in [0.1, 0.15) is 35.5 Å². The lowest BCUT2D eigenvalue weighted by atomic mass is 10.0. The van der Waals surface area contributed by atoms with Crippen LogP contribution in [0.25, 0.3) is 11.0 Å². The molecule has 0 spiro atoms.